The lowest BCUT2D eigenvalue weighted by molar-refractivity contribution is -0.137. The summed E-state index contributed by atoms with van der Waals surface area (Å²) in [6.45, 7) is 7.03. The number of hydrogen-bond donors (Lipinski definition) is 2. The molecule has 0 aliphatic heterocycles. The number of hydrogen-bond acceptors (Lipinski definition) is 2. The first-order valence-corrected chi connectivity index (χ1v) is 8.86. The summed E-state index contributed by atoms with van der Waals surface area (Å²) in [5, 5.41) is 12.8. The van der Waals surface area contributed by atoms with Crippen LogP contribution in [0.5, 0.6) is 0 Å². The van der Waals surface area contributed by atoms with Crippen LogP contribution in [0.1, 0.15) is 58.4 Å². The number of rotatable bonds is 7. The van der Waals surface area contributed by atoms with E-state index in [1.54, 1.807) is 0 Å². The summed E-state index contributed by atoms with van der Waals surface area (Å²) in [6, 6.07) is 11.1. The fourth-order valence-electron chi connectivity index (χ4n) is 4.25. The minimum Gasteiger partial charge on any atom is -0.481 e. The molecule has 2 N–H and O–H groups in total. The summed E-state index contributed by atoms with van der Waals surface area (Å²) in [5.41, 5.74) is 1.65. The second-order valence-electron chi connectivity index (χ2n) is 8.10. The highest BCUT2D eigenvalue weighted by molar-refractivity contribution is 5.66. The van der Waals surface area contributed by atoms with Crippen LogP contribution in [-0.4, -0.2) is 23.2 Å². The van der Waals surface area contributed by atoms with Crippen LogP contribution < -0.4 is 5.32 Å². The van der Waals surface area contributed by atoms with Crippen molar-refractivity contribution in [1.29, 1.82) is 0 Å². The lowest BCUT2D eigenvalue weighted by Crippen LogP contribution is -2.45. The van der Waals surface area contributed by atoms with Gasteiger partial charge in [-0.2, -0.15) is 0 Å². The molecule has 0 radical (unpaired) electrons. The van der Waals surface area contributed by atoms with Crippen LogP contribution in [0.25, 0.3) is 0 Å². The van der Waals surface area contributed by atoms with Crippen molar-refractivity contribution >= 4 is 5.97 Å². The molecule has 23 heavy (non-hydrogen) atoms. The van der Waals surface area contributed by atoms with Gasteiger partial charge in [-0.3, -0.25) is 4.79 Å². The second kappa shape index (κ2) is 7.96. The average molecular weight is 317 g/mol. The molecule has 3 atom stereocenters. The normalized spacial score (nSPS) is 25.0. The van der Waals surface area contributed by atoms with Gasteiger partial charge >= 0.3 is 5.97 Å². The molecule has 3 unspecified atom stereocenters. The smallest absolute Gasteiger partial charge is 0.303 e. The average Bonchev–Trinajstić information content (AvgIpc) is 2.43. The van der Waals surface area contributed by atoms with Crippen LogP contribution in [0.3, 0.4) is 0 Å². The highest BCUT2D eigenvalue weighted by Gasteiger charge is 2.32. The van der Waals surface area contributed by atoms with E-state index < -0.39 is 5.97 Å². The molecule has 1 aromatic rings. The Morgan fingerprint density at radius 2 is 2.00 bits per heavy atom. The lowest BCUT2D eigenvalue weighted by atomic mass is 9.70. The van der Waals surface area contributed by atoms with E-state index in [1.807, 2.05) is 6.07 Å². The Morgan fingerprint density at radius 3 is 2.61 bits per heavy atom. The van der Waals surface area contributed by atoms with E-state index in [0.29, 0.717) is 17.9 Å². The lowest BCUT2D eigenvalue weighted by Gasteiger charge is -2.41. The van der Waals surface area contributed by atoms with Gasteiger partial charge in [0.2, 0.25) is 0 Å². The topological polar surface area (TPSA) is 49.3 Å². The van der Waals surface area contributed by atoms with Gasteiger partial charge in [0, 0.05) is 18.5 Å². The number of nitrogens with one attached hydrogen (secondary N) is 1. The Labute approximate surface area is 140 Å². The van der Waals surface area contributed by atoms with E-state index in [2.05, 4.69) is 50.4 Å². The fraction of sp³-hybridized carbons (Fsp3) is 0.650. The predicted octanol–water partition coefficient (Wildman–Crippen LogP) is 4.27. The van der Waals surface area contributed by atoms with Crippen LogP contribution in [0.4, 0.5) is 0 Å². The van der Waals surface area contributed by atoms with Crippen molar-refractivity contribution in [2.24, 2.45) is 11.3 Å². The van der Waals surface area contributed by atoms with Gasteiger partial charge in [0.15, 0.2) is 0 Å². The van der Waals surface area contributed by atoms with Crippen molar-refractivity contribution in [2.75, 3.05) is 0 Å². The summed E-state index contributed by atoms with van der Waals surface area (Å²) < 4.78 is 0. The third kappa shape index (κ3) is 6.34. The van der Waals surface area contributed by atoms with Gasteiger partial charge in [-0.25, -0.2) is 0 Å². The Balaban J connectivity index is 2.00. The van der Waals surface area contributed by atoms with Gasteiger partial charge in [0.05, 0.1) is 0 Å². The molecule has 1 saturated carbocycles. The summed E-state index contributed by atoms with van der Waals surface area (Å²) in [5.74, 6) is 0.0234. The molecule has 0 bridgehead atoms. The number of carboxylic acid groups (broad SMARTS) is 1. The van der Waals surface area contributed by atoms with Crippen LogP contribution in [-0.2, 0) is 11.2 Å². The van der Waals surface area contributed by atoms with E-state index in [4.69, 9.17) is 5.11 Å². The van der Waals surface area contributed by atoms with E-state index in [-0.39, 0.29) is 12.5 Å². The molecular weight excluding hydrogens is 286 g/mol. The van der Waals surface area contributed by atoms with Crippen molar-refractivity contribution in [1.82, 2.24) is 5.32 Å². The van der Waals surface area contributed by atoms with Crippen molar-refractivity contribution in [2.45, 2.75) is 71.4 Å². The summed E-state index contributed by atoms with van der Waals surface area (Å²) in [4.78, 5) is 11.0. The first kappa shape index (κ1) is 18.0. The van der Waals surface area contributed by atoms with E-state index >= 15 is 0 Å². The van der Waals surface area contributed by atoms with Gasteiger partial charge < -0.3 is 10.4 Å². The maximum absolute atomic E-state index is 11.0. The van der Waals surface area contributed by atoms with Gasteiger partial charge in [-0.05, 0) is 49.0 Å². The molecule has 0 saturated heterocycles. The highest BCUT2D eigenvalue weighted by atomic mass is 16.4. The zero-order valence-electron chi connectivity index (χ0n) is 14.7. The largest absolute Gasteiger partial charge is 0.481 e. The van der Waals surface area contributed by atoms with Crippen LogP contribution in [0.2, 0.25) is 0 Å². The second-order valence-corrected chi connectivity index (χ2v) is 8.10. The summed E-state index contributed by atoms with van der Waals surface area (Å²) >= 11 is 0. The standard InChI is InChI=1S/C20H31NO2/c1-15-11-18(14-20(2,3)13-15)21-17(9-10-19(22)23)12-16-7-5-4-6-8-16/h4-8,15,17-18,21H,9-14H2,1-3H3,(H,22,23). The summed E-state index contributed by atoms with van der Waals surface area (Å²) in [7, 11) is 0. The Bertz CT molecular complexity index is 498. The molecule has 0 heterocycles. The highest BCUT2D eigenvalue weighted by Crippen LogP contribution is 2.38. The fourth-order valence-corrected chi connectivity index (χ4v) is 4.25. The first-order valence-electron chi connectivity index (χ1n) is 8.86. The number of benzene rings is 1. The van der Waals surface area contributed by atoms with E-state index in [1.165, 1.54) is 24.8 Å². The van der Waals surface area contributed by atoms with Crippen molar-refractivity contribution < 1.29 is 9.90 Å². The van der Waals surface area contributed by atoms with Crippen molar-refractivity contribution in [3.63, 3.8) is 0 Å². The number of carboxylic acids is 1. The SMILES string of the molecule is CC1CC(NC(CCC(=O)O)Cc2ccccc2)CC(C)(C)C1. The monoisotopic (exact) mass is 317 g/mol. The zero-order chi connectivity index (χ0) is 16.9. The molecule has 128 valence electrons. The maximum Gasteiger partial charge on any atom is 0.303 e. The molecule has 2 rings (SSSR count). The number of carbonyl (C=O) groups is 1. The van der Waals surface area contributed by atoms with Gasteiger partial charge in [-0.1, -0.05) is 51.1 Å². The van der Waals surface area contributed by atoms with Gasteiger partial charge in [0.1, 0.15) is 0 Å². The Morgan fingerprint density at radius 1 is 1.30 bits per heavy atom. The van der Waals surface area contributed by atoms with E-state index in [9.17, 15) is 4.79 Å². The molecule has 1 fully saturated rings. The molecule has 1 aliphatic carbocycles. The van der Waals surface area contributed by atoms with Gasteiger partial charge in [-0.15, -0.1) is 0 Å². The van der Waals surface area contributed by atoms with Gasteiger partial charge in [0.25, 0.3) is 0 Å². The quantitative estimate of drug-likeness (QED) is 0.789. The maximum atomic E-state index is 11.0. The molecule has 0 spiro atoms. The van der Waals surface area contributed by atoms with Crippen LogP contribution in [0.15, 0.2) is 30.3 Å². The Hall–Kier alpha value is -1.35. The predicted molar refractivity (Wildman–Crippen MR) is 94.5 cm³/mol. The third-order valence-electron chi connectivity index (χ3n) is 4.89. The molecule has 1 aromatic carbocycles. The zero-order valence-corrected chi connectivity index (χ0v) is 14.7. The third-order valence-corrected chi connectivity index (χ3v) is 4.89. The summed E-state index contributed by atoms with van der Waals surface area (Å²) in [6.07, 6.45) is 5.48. The van der Waals surface area contributed by atoms with Crippen molar-refractivity contribution in [3.8, 4) is 0 Å². The molecule has 3 heteroatoms. The van der Waals surface area contributed by atoms with Crippen LogP contribution >= 0.6 is 0 Å². The minimum absolute atomic E-state index is 0.232. The molecule has 1 aliphatic rings. The number of aliphatic carboxylic acids is 1. The first-order chi connectivity index (χ1) is 10.8. The molecule has 0 aromatic heterocycles. The molecule has 0 amide bonds. The van der Waals surface area contributed by atoms with Crippen LogP contribution in [0, 0.1) is 11.3 Å². The van der Waals surface area contributed by atoms with E-state index in [0.717, 1.165) is 12.3 Å². The van der Waals surface area contributed by atoms with Crippen molar-refractivity contribution in [3.05, 3.63) is 35.9 Å². The molecular formula is C20H31NO2. The Kier molecular flexibility index (Phi) is 6.23. The molecule has 3 nitrogen and oxygen atoms in total. The minimum atomic E-state index is -0.706.